The third-order valence-corrected chi connectivity index (χ3v) is 4.05. The molecule has 4 heteroatoms. The van der Waals surface area contributed by atoms with Crippen LogP contribution in [0.4, 0.5) is 5.69 Å². The van der Waals surface area contributed by atoms with Crippen LogP contribution in [0.15, 0.2) is 18.2 Å². The first-order valence-electron chi connectivity index (χ1n) is 6.36. The molecule has 1 fully saturated rings. The SMILES string of the molecule is COc1ccc(N(C)C2CCC(O)CC2)cc1Cl. The summed E-state index contributed by atoms with van der Waals surface area (Å²) in [5.41, 5.74) is 1.10. The van der Waals surface area contributed by atoms with Crippen molar-refractivity contribution in [3.05, 3.63) is 23.2 Å². The Bertz CT molecular complexity index is 403. The van der Waals surface area contributed by atoms with E-state index in [2.05, 4.69) is 11.9 Å². The third-order valence-electron chi connectivity index (χ3n) is 3.76. The zero-order chi connectivity index (χ0) is 13.1. The summed E-state index contributed by atoms with van der Waals surface area (Å²) in [7, 11) is 3.70. The van der Waals surface area contributed by atoms with Gasteiger partial charge in [-0.1, -0.05) is 11.6 Å². The van der Waals surface area contributed by atoms with Crippen LogP contribution in [0.25, 0.3) is 0 Å². The molecule has 0 bridgehead atoms. The largest absolute Gasteiger partial charge is 0.495 e. The minimum atomic E-state index is -0.117. The Balaban J connectivity index is 2.08. The van der Waals surface area contributed by atoms with Crippen LogP contribution in [0.2, 0.25) is 5.02 Å². The lowest BCUT2D eigenvalue weighted by molar-refractivity contribution is 0.122. The van der Waals surface area contributed by atoms with Crippen molar-refractivity contribution in [2.45, 2.75) is 37.8 Å². The van der Waals surface area contributed by atoms with Crippen LogP contribution in [0.5, 0.6) is 5.75 Å². The van der Waals surface area contributed by atoms with Gasteiger partial charge in [0.05, 0.1) is 18.2 Å². The highest BCUT2D eigenvalue weighted by atomic mass is 35.5. The van der Waals surface area contributed by atoms with E-state index in [1.54, 1.807) is 7.11 Å². The number of ether oxygens (including phenoxy) is 1. The van der Waals surface area contributed by atoms with E-state index in [1.807, 2.05) is 18.2 Å². The Morgan fingerprint density at radius 2 is 1.94 bits per heavy atom. The predicted molar refractivity (Wildman–Crippen MR) is 74.7 cm³/mol. The van der Waals surface area contributed by atoms with Crippen molar-refractivity contribution in [1.29, 1.82) is 0 Å². The second-order valence-corrected chi connectivity index (χ2v) is 5.30. The average molecular weight is 270 g/mol. The molecule has 1 N–H and O–H groups in total. The number of halogens is 1. The fraction of sp³-hybridized carbons (Fsp3) is 0.571. The molecule has 0 atom stereocenters. The van der Waals surface area contributed by atoms with Crippen molar-refractivity contribution in [2.24, 2.45) is 0 Å². The second-order valence-electron chi connectivity index (χ2n) is 4.89. The first kappa shape index (κ1) is 13.5. The summed E-state index contributed by atoms with van der Waals surface area (Å²) >= 11 is 6.14. The topological polar surface area (TPSA) is 32.7 Å². The van der Waals surface area contributed by atoms with Gasteiger partial charge in [0.1, 0.15) is 5.75 Å². The van der Waals surface area contributed by atoms with E-state index in [0.29, 0.717) is 16.8 Å². The monoisotopic (exact) mass is 269 g/mol. The van der Waals surface area contributed by atoms with E-state index >= 15 is 0 Å². The first-order valence-corrected chi connectivity index (χ1v) is 6.74. The predicted octanol–water partition coefficient (Wildman–Crippen LogP) is 3.09. The molecule has 0 saturated heterocycles. The quantitative estimate of drug-likeness (QED) is 0.915. The molecule has 100 valence electrons. The molecule has 0 heterocycles. The number of rotatable bonds is 3. The third kappa shape index (κ3) is 2.90. The van der Waals surface area contributed by atoms with E-state index in [0.717, 1.165) is 31.4 Å². The van der Waals surface area contributed by atoms with Crippen LogP contribution in [0.3, 0.4) is 0 Å². The Hall–Kier alpha value is -0.930. The summed E-state index contributed by atoms with van der Waals surface area (Å²) in [4.78, 5) is 2.25. The molecule has 1 aromatic rings. The minimum absolute atomic E-state index is 0.117. The van der Waals surface area contributed by atoms with Crippen molar-refractivity contribution >= 4 is 17.3 Å². The van der Waals surface area contributed by atoms with Gasteiger partial charge < -0.3 is 14.7 Å². The molecule has 2 rings (SSSR count). The Labute approximate surface area is 113 Å². The van der Waals surface area contributed by atoms with Crippen LogP contribution in [-0.2, 0) is 0 Å². The molecule has 3 nitrogen and oxygen atoms in total. The van der Waals surface area contributed by atoms with Gasteiger partial charge in [-0.15, -0.1) is 0 Å². The van der Waals surface area contributed by atoms with Crippen molar-refractivity contribution in [3.63, 3.8) is 0 Å². The molecule has 18 heavy (non-hydrogen) atoms. The van der Waals surface area contributed by atoms with E-state index < -0.39 is 0 Å². The van der Waals surface area contributed by atoms with Gasteiger partial charge in [-0.2, -0.15) is 0 Å². The standard InChI is InChI=1S/C14H20ClNO2/c1-16(10-3-6-12(17)7-4-10)11-5-8-14(18-2)13(15)9-11/h5,8-10,12,17H,3-4,6-7H2,1-2H3. The summed E-state index contributed by atoms with van der Waals surface area (Å²) in [6, 6.07) is 6.34. The molecule has 0 unspecified atom stereocenters. The highest BCUT2D eigenvalue weighted by molar-refractivity contribution is 6.32. The molecule has 0 aliphatic heterocycles. The van der Waals surface area contributed by atoms with Crippen molar-refractivity contribution in [2.75, 3.05) is 19.1 Å². The van der Waals surface area contributed by atoms with Crippen LogP contribution in [-0.4, -0.2) is 31.4 Å². The number of anilines is 1. The number of benzene rings is 1. The van der Waals surface area contributed by atoms with Crippen molar-refractivity contribution in [1.82, 2.24) is 0 Å². The van der Waals surface area contributed by atoms with Crippen molar-refractivity contribution in [3.8, 4) is 5.75 Å². The summed E-state index contributed by atoms with van der Waals surface area (Å²) in [5, 5.41) is 10.2. The Morgan fingerprint density at radius 1 is 1.28 bits per heavy atom. The zero-order valence-corrected chi connectivity index (χ0v) is 11.7. The van der Waals surface area contributed by atoms with Gasteiger partial charge in [0, 0.05) is 18.8 Å². The van der Waals surface area contributed by atoms with Crippen molar-refractivity contribution < 1.29 is 9.84 Å². The maximum atomic E-state index is 9.54. The first-order chi connectivity index (χ1) is 8.61. The zero-order valence-electron chi connectivity index (χ0n) is 10.9. The highest BCUT2D eigenvalue weighted by Crippen LogP contribution is 2.32. The van der Waals surface area contributed by atoms with E-state index in [-0.39, 0.29) is 6.10 Å². The molecule has 0 aromatic heterocycles. The average Bonchev–Trinajstić information content (AvgIpc) is 2.38. The molecule has 0 amide bonds. The summed E-state index contributed by atoms with van der Waals surface area (Å²) in [6.07, 6.45) is 3.72. The molecule has 0 spiro atoms. The van der Waals surface area contributed by atoms with Gasteiger partial charge in [0.25, 0.3) is 0 Å². The molecule has 1 aromatic carbocycles. The fourth-order valence-corrected chi connectivity index (χ4v) is 2.78. The van der Waals surface area contributed by atoms with Crippen LogP contribution >= 0.6 is 11.6 Å². The number of aliphatic hydroxyl groups excluding tert-OH is 1. The van der Waals surface area contributed by atoms with Gasteiger partial charge in [-0.3, -0.25) is 0 Å². The van der Waals surface area contributed by atoms with E-state index in [1.165, 1.54) is 0 Å². The minimum Gasteiger partial charge on any atom is -0.495 e. The second kappa shape index (κ2) is 5.81. The Morgan fingerprint density at radius 3 is 2.50 bits per heavy atom. The number of methoxy groups -OCH3 is 1. The lowest BCUT2D eigenvalue weighted by Crippen LogP contribution is -2.36. The smallest absolute Gasteiger partial charge is 0.137 e. The number of hydrogen-bond donors (Lipinski definition) is 1. The fourth-order valence-electron chi connectivity index (χ4n) is 2.53. The van der Waals surface area contributed by atoms with Crippen LogP contribution in [0, 0.1) is 0 Å². The lowest BCUT2D eigenvalue weighted by Gasteiger charge is -2.34. The lowest BCUT2D eigenvalue weighted by atomic mass is 9.92. The summed E-state index contributed by atoms with van der Waals surface area (Å²) in [6.45, 7) is 0. The van der Waals surface area contributed by atoms with E-state index in [9.17, 15) is 5.11 Å². The van der Waals surface area contributed by atoms with Gasteiger partial charge in [0.2, 0.25) is 0 Å². The van der Waals surface area contributed by atoms with E-state index in [4.69, 9.17) is 16.3 Å². The van der Waals surface area contributed by atoms with Gasteiger partial charge in [-0.25, -0.2) is 0 Å². The summed E-state index contributed by atoms with van der Waals surface area (Å²) in [5.74, 6) is 0.702. The number of hydrogen-bond acceptors (Lipinski definition) is 3. The summed E-state index contributed by atoms with van der Waals surface area (Å²) < 4.78 is 5.16. The van der Waals surface area contributed by atoms with Crippen LogP contribution < -0.4 is 9.64 Å². The number of aliphatic hydroxyl groups is 1. The molecule has 1 saturated carbocycles. The van der Waals surface area contributed by atoms with Gasteiger partial charge in [-0.05, 0) is 43.9 Å². The maximum absolute atomic E-state index is 9.54. The highest BCUT2D eigenvalue weighted by Gasteiger charge is 2.23. The normalized spacial score (nSPS) is 23.8. The van der Waals surface area contributed by atoms with Gasteiger partial charge in [0.15, 0.2) is 0 Å². The number of nitrogens with zero attached hydrogens (tertiary/aromatic N) is 1. The van der Waals surface area contributed by atoms with Gasteiger partial charge >= 0.3 is 0 Å². The molecule has 0 radical (unpaired) electrons. The maximum Gasteiger partial charge on any atom is 0.137 e. The molecule has 1 aliphatic rings. The van der Waals surface area contributed by atoms with Crippen LogP contribution in [0.1, 0.15) is 25.7 Å². The Kier molecular flexibility index (Phi) is 4.36. The molecular weight excluding hydrogens is 250 g/mol. The molecule has 1 aliphatic carbocycles. The molecular formula is C14H20ClNO2.